The van der Waals surface area contributed by atoms with Crippen LogP contribution in [0.2, 0.25) is 0 Å². The number of H-pyrrole nitrogens is 1. The molecule has 0 aliphatic rings. The van der Waals surface area contributed by atoms with Crippen LogP contribution in [-0.2, 0) is 0 Å². The summed E-state index contributed by atoms with van der Waals surface area (Å²) in [5.41, 5.74) is 1.95. The number of aromatic amines is 1. The van der Waals surface area contributed by atoms with Crippen molar-refractivity contribution >= 4 is 26.8 Å². The minimum absolute atomic E-state index is 0.843. The molecule has 2 rings (SSSR count). The number of aryl methyl sites for hydroxylation is 1. The molecule has 4 heteroatoms. The maximum atomic E-state index is 5.26. The molecular weight excluding hydrogens is 232 g/mol. The molecule has 1 N–H and O–H groups in total. The predicted molar refractivity (Wildman–Crippen MR) is 55.1 cm³/mol. The Morgan fingerprint density at radius 3 is 2.92 bits per heavy atom. The number of hydrogen-bond donors (Lipinski definition) is 1. The highest BCUT2D eigenvalue weighted by Gasteiger charge is 2.08. The van der Waals surface area contributed by atoms with Crippen molar-refractivity contribution in [2.45, 2.75) is 6.92 Å². The summed E-state index contributed by atoms with van der Waals surface area (Å²) in [4.78, 5) is 0. The Morgan fingerprint density at radius 1 is 1.46 bits per heavy atom. The number of nitrogens with one attached hydrogen (secondary N) is 1. The summed E-state index contributed by atoms with van der Waals surface area (Å²) in [5.74, 6) is 0.843. The Labute approximate surface area is 84.2 Å². The third-order valence-electron chi connectivity index (χ3n) is 1.99. The molecule has 0 spiro atoms. The summed E-state index contributed by atoms with van der Waals surface area (Å²) in [7, 11) is 1.66. The average Bonchev–Trinajstić information content (AvgIpc) is 2.46. The molecule has 0 unspecified atom stereocenters. The fourth-order valence-electron chi connectivity index (χ4n) is 1.40. The van der Waals surface area contributed by atoms with Gasteiger partial charge in [-0.25, -0.2) is 0 Å². The Balaban J connectivity index is 2.85. The van der Waals surface area contributed by atoms with Gasteiger partial charge in [0.15, 0.2) is 0 Å². The van der Waals surface area contributed by atoms with Crippen molar-refractivity contribution in [1.82, 2.24) is 10.2 Å². The Hall–Kier alpha value is -1.03. The van der Waals surface area contributed by atoms with Gasteiger partial charge in [-0.3, -0.25) is 5.10 Å². The van der Waals surface area contributed by atoms with Crippen molar-refractivity contribution in [2.75, 3.05) is 7.11 Å². The van der Waals surface area contributed by atoms with Crippen LogP contribution < -0.4 is 4.74 Å². The van der Waals surface area contributed by atoms with Gasteiger partial charge in [0.05, 0.1) is 23.7 Å². The first-order valence-corrected chi connectivity index (χ1v) is 4.70. The van der Waals surface area contributed by atoms with Crippen molar-refractivity contribution in [3.8, 4) is 5.75 Å². The number of benzene rings is 1. The second-order valence-electron chi connectivity index (χ2n) is 2.84. The van der Waals surface area contributed by atoms with Gasteiger partial charge in [-0.1, -0.05) is 15.9 Å². The number of hydrogen-bond acceptors (Lipinski definition) is 2. The van der Waals surface area contributed by atoms with E-state index in [1.54, 1.807) is 7.11 Å². The standard InChI is InChI=1S/C9H9BrN2O/c1-5-9-7(12-11-5)3-6(10)4-8(9)13-2/h3-4H,1-2H3,(H,11,12). The lowest BCUT2D eigenvalue weighted by Crippen LogP contribution is -1.84. The van der Waals surface area contributed by atoms with Crippen molar-refractivity contribution in [2.24, 2.45) is 0 Å². The average molecular weight is 241 g/mol. The zero-order chi connectivity index (χ0) is 9.42. The third kappa shape index (κ3) is 1.31. The fourth-order valence-corrected chi connectivity index (χ4v) is 1.84. The van der Waals surface area contributed by atoms with Crippen molar-refractivity contribution < 1.29 is 4.74 Å². The van der Waals surface area contributed by atoms with E-state index in [2.05, 4.69) is 26.1 Å². The third-order valence-corrected chi connectivity index (χ3v) is 2.45. The number of fused-ring (bicyclic) bond motifs is 1. The smallest absolute Gasteiger partial charge is 0.131 e. The molecule has 0 saturated heterocycles. The minimum Gasteiger partial charge on any atom is -0.496 e. The summed E-state index contributed by atoms with van der Waals surface area (Å²) >= 11 is 3.41. The first kappa shape index (κ1) is 8.56. The highest BCUT2D eigenvalue weighted by Crippen LogP contribution is 2.30. The van der Waals surface area contributed by atoms with E-state index in [0.717, 1.165) is 26.8 Å². The van der Waals surface area contributed by atoms with E-state index in [9.17, 15) is 0 Å². The Kier molecular flexibility index (Phi) is 2.00. The molecule has 1 aromatic carbocycles. The molecule has 0 amide bonds. The van der Waals surface area contributed by atoms with Crippen molar-refractivity contribution in [1.29, 1.82) is 0 Å². The zero-order valence-corrected chi connectivity index (χ0v) is 8.97. The molecule has 0 bridgehead atoms. The molecule has 2 aromatic rings. The van der Waals surface area contributed by atoms with Crippen LogP contribution in [0.5, 0.6) is 5.75 Å². The molecule has 13 heavy (non-hydrogen) atoms. The molecule has 0 fully saturated rings. The van der Waals surface area contributed by atoms with E-state index in [0.29, 0.717) is 0 Å². The van der Waals surface area contributed by atoms with Crippen LogP contribution in [0.25, 0.3) is 10.9 Å². The van der Waals surface area contributed by atoms with Gasteiger partial charge in [-0.05, 0) is 19.1 Å². The lowest BCUT2D eigenvalue weighted by Gasteiger charge is -2.02. The minimum atomic E-state index is 0.843. The quantitative estimate of drug-likeness (QED) is 0.833. The molecule has 0 saturated carbocycles. The van der Waals surface area contributed by atoms with E-state index >= 15 is 0 Å². The number of ether oxygens (including phenoxy) is 1. The molecule has 1 heterocycles. The molecular formula is C9H9BrN2O. The predicted octanol–water partition coefficient (Wildman–Crippen LogP) is 2.64. The summed E-state index contributed by atoms with van der Waals surface area (Å²) in [6.45, 7) is 1.95. The molecule has 3 nitrogen and oxygen atoms in total. The van der Waals surface area contributed by atoms with E-state index in [4.69, 9.17) is 4.74 Å². The van der Waals surface area contributed by atoms with Crippen LogP contribution in [0.4, 0.5) is 0 Å². The molecule has 0 atom stereocenters. The fraction of sp³-hybridized carbons (Fsp3) is 0.222. The van der Waals surface area contributed by atoms with Gasteiger partial charge in [-0.15, -0.1) is 0 Å². The number of nitrogens with zero attached hydrogens (tertiary/aromatic N) is 1. The van der Waals surface area contributed by atoms with Gasteiger partial charge < -0.3 is 4.74 Å². The Bertz CT molecular complexity index is 450. The SMILES string of the molecule is COc1cc(Br)cc2[nH]nc(C)c12. The first-order chi connectivity index (χ1) is 6.22. The molecule has 68 valence electrons. The van der Waals surface area contributed by atoms with Crippen LogP contribution in [-0.4, -0.2) is 17.3 Å². The van der Waals surface area contributed by atoms with Gasteiger partial charge in [0.25, 0.3) is 0 Å². The molecule has 1 aromatic heterocycles. The first-order valence-electron chi connectivity index (χ1n) is 3.90. The summed E-state index contributed by atoms with van der Waals surface area (Å²) in [6.07, 6.45) is 0. The van der Waals surface area contributed by atoms with Gasteiger partial charge in [0.1, 0.15) is 5.75 Å². The van der Waals surface area contributed by atoms with Crippen LogP contribution >= 0.6 is 15.9 Å². The highest BCUT2D eigenvalue weighted by molar-refractivity contribution is 9.10. The summed E-state index contributed by atoms with van der Waals surface area (Å²) in [5, 5.41) is 8.11. The highest BCUT2D eigenvalue weighted by atomic mass is 79.9. The molecule has 0 radical (unpaired) electrons. The summed E-state index contributed by atoms with van der Waals surface area (Å²) in [6, 6.07) is 3.92. The number of methoxy groups -OCH3 is 1. The van der Waals surface area contributed by atoms with Crippen LogP contribution in [0, 0.1) is 6.92 Å². The number of rotatable bonds is 1. The Morgan fingerprint density at radius 2 is 2.23 bits per heavy atom. The van der Waals surface area contributed by atoms with Crippen LogP contribution in [0.3, 0.4) is 0 Å². The maximum Gasteiger partial charge on any atom is 0.131 e. The monoisotopic (exact) mass is 240 g/mol. The molecule has 0 aliphatic carbocycles. The lowest BCUT2D eigenvalue weighted by molar-refractivity contribution is 0.419. The number of halogens is 1. The van der Waals surface area contributed by atoms with E-state index in [1.807, 2.05) is 19.1 Å². The zero-order valence-electron chi connectivity index (χ0n) is 7.39. The van der Waals surface area contributed by atoms with Crippen LogP contribution in [0.1, 0.15) is 5.69 Å². The largest absolute Gasteiger partial charge is 0.496 e. The van der Waals surface area contributed by atoms with E-state index in [-0.39, 0.29) is 0 Å². The lowest BCUT2D eigenvalue weighted by atomic mass is 10.2. The molecule has 0 aliphatic heterocycles. The van der Waals surface area contributed by atoms with Gasteiger partial charge in [0, 0.05) is 4.47 Å². The summed E-state index contributed by atoms with van der Waals surface area (Å²) < 4.78 is 6.24. The van der Waals surface area contributed by atoms with Gasteiger partial charge >= 0.3 is 0 Å². The topological polar surface area (TPSA) is 37.9 Å². The second-order valence-corrected chi connectivity index (χ2v) is 3.76. The van der Waals surface area contributed by atoms with Crippen LogP contribution in [0.15, 0.2) is 16.6 Å². The maximum absolute atomic E-state index is 5.26. The van der Waals surface area contributed by atoms with Gasteiger partial charge in [0.2, 0.25) is 0 Å². The van der Waals surface area contributed by atoms with E-state index in [1.165, 1.54) is 0 Å². The van der Waals surface area contributed by atoms with Crippen molar-refractivity contribution in [3.63, 3.8) is 0 Å². The normalized spacial score (nSPS) is 10.7. The van der Waals surface area contributed by atoms with Gasteiger partial charge in [-0.2, -0.15) is 5.10 Å². The second kappa shape index (κ2) is 3.03. The van der Waals surface area contributed by atoms with E-state index < -0.39 is 0 Å². The van der Waals surface area contributed by atoms with Crippen molar-refractivity contribution in [3.05, 3.63) is 22.3 Å². The number of aromatic nitrogens is 2.